The molecule has 1 aromatic rings. The van der Waals surface area contributed by atoms with Crippen molar-refractivity contribution in [1.29, 1.82) is 5.26 Å². The first-order valence-electron chi connectivity index (χ1n) is 5.76. The number of nitrogens with zero attached hydrogens (tertiary/aromatic N) is 1. The van der Waals surface area contributed by atoms with Crippen molar-refractivity contribution >= 4 is 11.6 Å². The zero-order chi connectivity index (χ0) is 13.1. The van der Waals surface area contributed by atoms with Crippen LogP contribution in [-0.2, 0) is 9.53 Å². The summed E-state index contributed by atoms with van der Waals surface area (Å²) in [6.07, 6.45) is 0. The maximum Gasteiger partial charge on any atom is 0.231 e. The van der Waals surface area contributed by atoms with Crippen molar-refractivity contribution in [3.8, 4) is 6.07 Å². The van der Waals surface area contributed by atoms with E-state index in [2.05, 4.69) is 5.32 Å². The fourth-order valence-corrected chi connectivity index (χ4v) is 1.89. The molecule has 94 valence electrons. The topological polar surface area (TPSA) is 88.1 Å². The van der Waals surface area contributed by atoms with Crippen molar-refractivity contribution in [1.82, 2.24) is 0 Å². The lowest BCUT2D eigenvalue weighted by molar-refractivity contribution is -0.120. The average molecular weight is 245 g/mol. The number of nitrogens with one attached hydrogen (secondary N) is 1. The van der Waals surface area contributed by atoms with Crippen LogP contribution in [0.3, 0.4) is 0 Å². The summed E-state index contributed by atoms with van der Waals surface area (Å²) in [5, 5.41) is 11.6. The molecule has 1 amide bonds. The molecule has 0 radical (unpaired) electrons. The van der Waals surface area contributed by atoms with E-state index in [4.69, 9.17) is 15.7 Å². The smallest absolute Gasteiger partial charge is 0.231 e. The zero-order valence-electron chi connectivity index (χ0n) is 10.1. The molecule has 18 heavy (non-hydrogen) atoms. The quantitative estimate of drug-likeness (QED) is 0.805. The first-order chi connectivity index (χ1) is 8.61. The maximum atomic E-state index is 12.0. The van der Waals surface area contributed by atoms with Crippen LogP contribution in [0.2, 0.25) is 0 Å². The third-order valence-corrected chi connectivity index (χ3v) is 3.09. The molecular formula is C13H15N3O2. The molecule has 2 unspecified atom stereocenters. The van der Waals surface area contributed by atoms with Crippen LogP contribution in [0.1, 0.15) is 11.1 Å². The van der Waals surface area contributed by atoms with Gasteiger partial charge in [-0.05, 0) is 24.6 Å². The van der Waals surface area contributed by atoms with Crippen LogP contribution in [0, 0.1) is 24.2 Å². The van der Waals surface area contributed by atoms with E-state index in [-0.39, 0.29) is 17.9 Å². The number of nitriles is 1. The molecule has 0 aromatic heterocycles. The second kappa shape index (κ2) is 5.17. The van der Waals surface area contributed by atoms with E-state index in [1.54, 1.807) is 18.2 Å². The standard InChI is InChI=1S/C13H15N3O2/c1-8-2-3-9(5-14)4-12(8)16-13(17)10-6-18-7-11(10)15/h2-4,10-11H,6-7,15H2,1H3,(H,16,17). The van der Waals surface area contributed by atoms with Crippen molar-refractivity contribution in [2.24, 2.45) is 11.7 Å². The largest absolute Gasteiger partial charge is 0.379 e. The first-order valence-corrected chi connectivity index (χ1v) is 5.76. The Balaban J connectivity index is 2.14. The molecule has 0 spiro atoms. The van der Waals surface area contributed by atoms with E-state index >= 15 is 0 Å². The van der Waals surface area contributed by atoms with E-state index in [1.165, 1.54) is 0 Å². The number of anilines is 1. The molecule has 2 rings (SSSR count). The van der Waals surface area contributed by atoms with E-state index in [1.807, 2.05) is 13.0 Å². The van der Waals surface area contributed by atoms with Gasteiger partial charge in [-0.15, -0.1) is 0 Å². The molecule has 1 heterocycles. The van der Waals surface area contributed by atoms with Crippen molar-refractivity contribution in [3.05, 3.63) is 29.3 Å². The second-order valence-electron chi connectivity index (χ2n) is 4.44. The number of carbonyl (C=O) groups is 1. The Hall–Kier alpha value is -1.90. The summed E-state index contributed by atoms with van der Waals surface area (Å²) >= 11 is 0. The highest BCUT2D eigenvalue weighted by Gasteiger charge is 2.31. The molecule has 5 nitrogen and oxygen atoms in total. The molecule has 1 aromatic carbocycles. The summed E-state index contributed by atoms with van der Waals surface area (Å²) in [6.45, 7) is 2.64. The lowest BCUT2D eigenvalue weighted by atomic mass is 10.0. The van der Waals surface area contributed by atoms with E-state index < -0.39 is 0 Å². The lowest BCUT2D eigenvalue weighted by Gasteiger charge is -2.14. The third kappa shape index (κ3) is 2.50. The van der Waals surface area contributed by atoms with Crippen LogP contribution in [-0.4, -0.2) is 25.2 Å². The van der Waals surface area contributed by atoms with Gasteiger partial charge in [0.15, 0.2) is 0 Å². The maximum absolute atomic E-state index is 12.0. The van der Waals surface area contributed by atoms with Gasteiger partial charge >= 0.3 is 0 Å². The number of amides is 1. The Morgan fingerprint density at radius 2 is 2.33 bits per heavy atom. The summed E-state index contributed by atoms with van der Waals surface area (Å²) in [7, 11) is 0. The van der Waals surface area contributed by atoms with Crippen LogP contribution < -0.4 is 11.1 Å². The van der Waals surface area contributed by atoms with Crippen LogP contribution >= 0.6 is 0 Å². The highest BCUT2D eigenvalue weighted by molar-refractivity contribution is 5.94. The normalized spacial score (nSPS) is 22.5. The second-order valence-corrected chi connectivity index (χ2v) is 4.44. The van der Waals surface area contributed by atoms with Gasteiger partial charge in [0.1, 0.15) is 0 Å². The number of nitrogens with two attached hydrogens (primary N) is 1. The number of benzene rings is 1. The monoisotopic (exact) mass is 245 g/mol. The molecule has 0 bridgehead atoms. The van der Waals surface area contributed by atoms with Gasteiger partial charge in [-0.1, -0.05) is 6.07 Å². The minimum Gasteiger partial charge on any atom is -0.379 e. The van der Waals surface area contributed by atoms with Crippen molar-refractivity contribution in [3.63, 3.8) is 0 Å². The van der Waals surface area contributed by atoms with Gasteiger partial charge in [0.25, 0.3) is 0 Å². The Bertz CT molecular complexity index is 507. The fourth-order valence-electron chi connectivity index (χ4n) is 1.89. The Morgan fingerprint density at radius 3 is 2.94 bits per heavy atom. The molecule has 2 atom stereocenters. The van der Waals surface area contributed by atoms with Gasteiger partial charge in [0.05, 0.1) is 30.8 Å². The molecule has 1 aliphatic heterocycles. The number of rotatable bonds is 2. The zero-order valence-corrected chi connectivity index (χ0v) is 10.1. The van der Waals surface area contributed by atoms with Crippen LogP contribution in [0.4, 0.5) is 5.69 Å². The first kappa shape index (κ1) is 12.6. The minimum atomic E-state index is -0.324. The third-order valence-electron chi connectivity index (χ3n) is 3.09. The van der Waals surface area contributed by atoms with Gasteiger partial charge in [0.2, 0.25) is 5.91 Å². The van der Waals surface area contributed by atoms with Crippen molar-refractivity contribution in [2.45, 2.75) is 13.0 Å². The molecule has 1 saturated heterocycles. The van der Waals surface area contributed by atoms with E-state index in [0.29, 0.717) is 24.5 Å². The SMILES string of the molecule is Cc1ccc(C#N)cc1NC(=O)C1COCC1N. The average Bonchev–Trinajstić information content (AvgIpc) is 2.78. The number of hydrogen-bond donors (Lipinski definition) is 2. The molecular weight excluding hydrogens is 230 g/mol. The highest BCUT2D eigenvalue weighted by Crippen LogP contribution is 2.19. The van der Waals surface area contributed by atoms with E-state index in [9.17, 15) is 4.79 Å². The predicted octanol–water partition coefficient (Wildman–Crippen LogP) is 0.779. The molecule has 1 aliphatic rings. The van der Waals surface area contributed by atoms with Gasteiger partial charge in [-0.2, -0.15) is 5.26 Å². The van der Waals surface area contributed by atoms with Crippen LogP contribution in [0.15, 0.2) is 18.2 Å². The summed E-state index contributed by atoms with van der Waals surface area (Å²) < 4.78 is 5.17. The lowest BCUT2D eigenvalue weighted by Crippen LogP contribution is -2.37. The Morgan fingerprint density at radius 1 is 1.56 bits per heavy atom. The number of ether oxygens (including phenoxy) is 1. The summed E-state index contributed by atoms with van der Waals surface area (Å²) in [4.78, 5) is 12.0. The molecule has 1 fully saturated rings. The molecule has 5 heteroatoms. The van der Waals surface area contributed by atoms with Crippen molar-refractivity contribution < 1.29 is 9.53 Å². The van der Waals surface area contributed by atoms with E-state index in [0.717, 1.165) is 5.56 Å². The minimum absolute atomic E-state index is 0.154. The van der Waals surface area contributed by atoms with Gasteiger partial charge < -0.3 is 15.8 Å². The summed E-state index contributed by atoms with van der Waals surface area (Å²) in [6, 6.07) is 6.97. The number of aryl methyl sites for hydroxylation is 1. The van der Waals surface area contributed by atoms with Crippen molar-refractivity contribution in [2.75, 3.05) is 18.5 Å². The molecule has 3 N–H and O–H groups in total. The Kier molecular flexibility index (Phi) is 3.60. The predicted molar refractivity (Wildman–Crippen MR) is 66.8 cm³/mol. The molecule has 0 aliphatic carbocycles. The van der Waals surface area contributed by atoms with Gasteiger partial charge in [-0.25, -0.2) is 0 Å². The van der Waals surface area contributed by atoms with Crippen LogP contribution in [0.5, 0.6) is 0 Å². The summed E-state index contributed by atoms with van der Waals surface area (Å²) in [5.41, 5.74) is 7.87. The van der Waals surface area contributed by atoms with Gasteiger partial charge in [-0.3, -0.25) is 4.79 Å². The fraction of sp³-hybridized carbons (Fsp3) is 0.385. The highest BCUT2D eigenvalue weighted by atomic mass is 16.5. The van der Waals surface area contributed by atoms with Crippen LogP contribution in [0.25, 0.3) is 0 Å². The Labute approximate surface area is 106 Å². The summed E-state index contributed by atoms with van der Waals surface area (Å²) in [5.74, 6) is -0.478. The number of carbonyl (C=O) groups excluding carboxylic acids is 1. The molecule has 0 saturated carbocycles. The number of hydrogen-bond acceptors (Lipinski definition) is 4. The van der Waals surface area contributed by atoms with Gasteiger partial charge in [0, 0.05) is 11.7 Å².